The van der Waals surface area contributed by atoms with Gasteiger partial charge < -0.3 is 15.7 Å². The molecule has 0 aliphatic heterocycles. The molecule has 0 spiro atoms. The second kappa shape index (κ2) is 4.11. The normalized spacial score (nSPS) is 12.2. The number of carbonyl (C=O) groups is 1. The maximum Gasteiger partial charge on any atom is 0.243 e. The average Bonchev–Trinajstić information content (AvgIpc) is 2.16. The van der Waals surface area contributed by atoms with Gasteiger partial charge in [0.25, 0.3) is 0 Å². The predicted octanol–water partition coefficient (Wildman–Crippen LogP) is 0.480. The van der Waals surface area contributed by atoms with Gasteiger partial charge in [0.15, 0.2) is 0 Å². The number of hydrogen-bond acceptors (Lipinski definition) is 3. The Balaban J connectivity index is 2.84. The van der Waals surface area contributed by atoms with Gasteiger partial charge in [-0.15, -0.1) is 0 Å². The maximum atomic E-state index is 11.5. The van der Waals surface area contributed by atoms with E-state index in [1.165, 1.54) is 17.0 Å². The third-order valence-corrected chi connectivity index (χ3v) is 1.96. The fourth-order valence-corrected chi connectivity index (χ4v) is 1.10. The smallest absolute Gasteiger partial charge is 0.243 e. The van der Waals surface area contributed by atoms with Gasteiger partial charge in [0.2, 0.25) is 5.91 Å². The van der Waals surface area contributed by atoms with Crippen molar-refractivity contribution in [3.63, 3.8) is 0 Å². The first-order chi connectivity index (χ1) is 6.52. The van der Waals surface area contributed by atoms with Crippen LogP contribution in [-0.4, -0.2) is 30.0 Å². The van der Waals surface area contributed by atoms with Gasteiger partial charge in [0.1, 0.15) is 11.8 Å². The average molecular weight is 194 g/mol. The van der Waals surface area contributed by atoms with Crippen molar-refractivity contribution in [2.24, 2.45) is 5.73 Å². The summed E-state index contributed by atoms with van der Waals surface area (Å²) < 4.78 is 0. The van der Waals surface area contributed by atoms with E-state index < -0.39 is 6.04 Å². The molecular formula is C10H14N2O2. The van der Waals surface area contributed by atoms with Crippen molar-refractivity contribution < 1.29 is 9.90 Å². The summed E-state index contributed by atoms with van der Waals surface area (Å²) in [4.78, 5) is 12.9. The van der Waals surface area contributed by atoms with Crippen molar-refractivity contribution in [2.45, 2.75) is 6.04 Å². The fraction of sp³-hybridized carbons (Fsp3) is 0.300. The number of phenolic OH excluding ortho intramolecular Hbond substituents is 1. The lowest BCUT2D eigenvalue weighted by Gasteiger charge is -2.16. The van der Waals surface area contributed by atoms with Crippen LogP contribution in [0.5, 0.6) is 5.75 Å². The Bertz CT molecular complexity index is 319. The summed E-state index contributed by atoms with van der Waals surface area (Å²) in [7, 11) is 3.31. The Morgan fingerprint density at radius 1 is 1.36 bits per heavy atom. The van der Waals surface area contributed by atoms with Crippen LogP contribution in [0, 0.1) is 0 Å². The van der Waals surface area contributed by atoms with E-state index in [2.05, 4.69) is 0 Å². The monoisotopic (exact) mass is 194 g/mol. The van der Waals surface area contributed by atoms with Crippen molar-refractivity contribution in [1.82, 2.24) is 4.90 Å². The molecule has 1 aromatic carbocycles. The van der Waals surface area contributed by atoms with Crippen LogP contribution in [0.25, 0.3) is 0 Å². The topological polar surface area (TPSA) is 66.6 Å². The van der Waals surface area contributed by atoms with Crippen molar-refractivity contribution in [3.05, 3.63) is 29.8 Å². The highest BCUT2D eigenvalue weighted by Gasteiger charge is 2.16. The predicted molar refractivity (Wildman–Crippen MR) is 53.7 cm³/mol. The standard InChI is InChI=1S/C10H14N2O2/c1-12(2)10(14)9(11)7-3-5-8(13)6-4-7/h3-6,9,13H,11H2,1-2H3/t9-/m1/s1. The van der Waals surface area contributed by atoms with E-state index in [0.29, 0.717) is 5.56 Å². The molecule has 0 bridgehead atoms. The first kappa shape index (κ1) is 10.5. The molecule has 0 fully saturated rings. The van der Waals surface area contributed by atoms with Crippen LogP contribution in [0.2, 0.25) is 0 Å². The molecule has 0 heterocycles. The van der Waals surface area contributed by atoms with E-state index in [4.69, 9.17) is 10.8 Å². The first-order valence-corrected chi connectivity index (χ1v) is 4.28. The number of phenols is 1. The van der Waals surface area contributed by atoms with Gasteiger partial charge in [-0.05, 0) is 17.7 Å². The Labute approximate surface area is 82.9 Å². The molecule has 0 aliphatic rings. The molecule has 0 aromatic heterocycles. The van der Waals surface area contributed by atoms with Gasteiger partial charge in [-0.25, -0.2) is 0 Å². The van der Waals surface area contributed by atoms with Gasteiger partial charge in [-0.2, -0.15) is 0 Å². The van der Waals surface area contributed by atoms with Crippen LogP contribution < -0.4 is 5.73 Å². The van der Waals surface area contributed by atoms with E-state index in [1.807, 2.05) is 0 Å². The summed E-state index contributed by atoms with van der Waals surface area (Å²) in [5, 5.41) is 9.05. The van der Waals surface area contributed by atoms with Crippen molar-refractivity contribution in [3.8, 4) is 5.75 Å². The second-order valence-corrected chi connectivity index (χ2v) is 3.30. The zero-order chi connectivity index (χ0) is 10.7. The number of rotatable bonds is 2. The Morgan fingerprint density at radius 3 is 2.29 bits per heavy atom. The molecule has 3 N–H and O–H groups in total. The molecule has 4 nitrogen and oxygen atoms in total. The number of hydrogen-bond donors (Lipinski definition) is 2. The number of benzene rings is 1. The van der Waals surface area contributed by atoms with Crippen LogP contribution in [-0.2, 0) is 4.79 Å². The number of nitrogens with two attached hydrogens (primary N) is 1. The maximum absolute atomic E-state index is 11.5. The molecule has 1 atom stereocenters. The first-order valence-electron chi connectivity index (χ1n) is 4.28. The quantitative estimate of drug-likeness (QED) is 0.719. The van der Waals surface area contributed by atoms with E-state index in [1.54, 1.807) is 26.2 Å². The van der Waals surface area contributed by atoms with Crippen LogP contribution in [0.1, 0.15) is 11.6 Å². The molecule has 0 aliphatic carbocycles. The number of carbonyl (C=O) groups excluding carboxylic acids is 1. The van der Waals surface area contributed by atoms with Crippen molar-refractivity contribution in [2.75, 3.05) is 14.1 Å². The zero-order valence-electron chi connectivity index (χ0n) is 8.27. The molecule has 0 unspecified atom stereocenters. The molecule has 0 saturated heterocycles. The van der Waals surface area contributed by atoms with Crippen molar-refractivity contribution in [1.29, 1.82) is 0 Å². The van der Waals surface area contributed by atoms with Crippen LogP contribution in [0.3, 0.4) is 0 Å². The lowest BCUT2D eigenvalue weighted by Crippen LogP contribution is -2.33. The minimum atomic E-state index is -0.661. The zero-order valence-corrected chi connectivity index (χ0v) is 8.27. The number of nitrogens with zero attached hydrogens (tertiary/aromatic N) is 1. The molecule has 0 saturated carbocycles. The van der Waals surface area contributed by atoms with Crippen LogP contribution in [0.4, 0.5) is 0 Å². The molecule has 1 aromatic rings. The minimum Gasteiger partial charge on any atom is -0.508 e. The Hall–Kier alpha value is -1.55. The van der Waals surface area contributed by atoms with Crippen LogP contribution >= 0.6 is 0 Å². The highest BCUT2D eigenvalue weighted by Crippen LogP contribution is 2.16. The fourth-order valence-electron chi connectivity index (χ4n) is 1.10. The number of likely N-dealkylation sites (N-methyl/N-ethyl adjacent to an activating group) is 1. The SMILES string of the molecule is CN(C)C(=O)[C@H](N)c1ccc(O)cc1. The molecule has 1 rings (SSSR count). The van der Waals surface area contributed by atoms with Crippen molar-refractivity contribution >= 4 is 5.91 Å². The minimum absolute atomic E-state index is 0.157. The van der Waals surface area contributed by atoms with Gasteiger partial charge >= 0.3 is 0 Å². The van der Waals surface area contributed by atoms with Gasteiger partial charge in [-0.1, -0.05) is 12.1 Å². The molecule has 4 heteroatoms. The van der Waals surface area contributed by atoms with Gasteiger partial charge in [-0.3, -0.25) is 4.79 Å². The van der Waals surface area contributed by atoms with E-state index >= 15 is 0 Å². The lowest BCUT2D eigenvalue weighted by atomic mass is 10.1. The third-order valence-electron chi connectivity index (χ3n) is 1.96. The summed E-state index contributed by atoms with van der Waals surface area (Å²) in [6.07, 6.45) is 0. The highest BCUT2D eigenvalue weighted by molar-refractivity contribution is 5.82. The van der Waals surface area contributed by atoms with E-state index in [0.717, 1.165) is 0 Å². The van der Waals surface area contributed by atoms with E-state index in [-0.39, 0.29) is 11.7 Å². The summed E-state index contributed by atoms with van der Waals surface area (Å²) in [6.45, 7) is 0. The van der Waals surface area contributed by atoms with Crippen LogP contribution in [0.15, 0.2) is 24.3 Å². The van der Waals surface area contributed by atoms with Gasteiger partial charge in [0, 0.05) is 14.1 Å². The third kappa shape index (κ3) is 2.23. The molecule has 1 amide bonds. The largest absolute Gasteiger partial charge is 0.508 e. The lowest BCUT2D eigenvalue weighted by molar-refractivity contribution is -0.130. The molecule has 14 heavy (non-hydrogen) atoms. The summed E-state index contributed by atoms with van der Waals surface area (Å²) >= 11 is 0. The molecule has 0 radical (unpaired) electrons. The highest BCUT2D eigenvalue weighted by atomic mass is 16.3. The molecular weight excluding hydrogens is 180 g/mol. The van der Waals surface area contributed by atoms with Gasteiger partial charge in [0.05, 0.1) is 0 Å². The number of amides is 1. The van der Waals surface area contributed by atoms with E-state index in [9.17, 15) is 4.79 Å². The summed E-state index contributed by atoms with van der Waals surface area (Å²) in [5.74, 6) is 0.00828. The molecule has 76 valence electrons. The summed E-state index contributed by atoms with van der Waals surface area (Å²) in [5.41, 5.74) is 6.41. The Morgan fingerprint density at radius 2 is 1.86 bits per heavy atom. The summed E-state index contributed by atoms with van der Waals surface area (Å²) in [6, 6.07) is 5.64. The Kier molecular flexibility index (Phi) is 3.09. The number of aromatic hydroxyl groups is 1. The second-order valence-electron chi connectivity index (χ2n) is 3.30.